The van der Waals surface area contributed by atoms with E-state index in [1.54, 1.807) is 60.4 Å². The van der Waals surface area contributed by atoms with Gasteiger partial charge in [-0.3, -0.25) is 9.59 Å². The number of benzene rings is 2. The van der Waals surface area contributed by atoms with Gasteiger partial charge in [-0.05, 0) is 30.7 Å². The number of hydrogen-bond donors (Lipinski definition) is 0. The van der Waals surface area contributed by atoms with Crippen molar-refractivity contribution in [3.63, 3.8) is 0 Å². The number of nitrogens with zero attached hydrogens (tertiary/aromatic N) is 2. The van der Waals surface area contributed by atoms with E-state index in [1.165, 1.54) is 14.2 Å². The first kappa shape index (κ1) is 22.3. The molecule has 2 aromatic rings. The summed E-state index contributed by atoms with van der Waals surface area (Å²) in [5.41, 5.74) is 0.882. The molecule has 1 saturated heterocycles. The maximum absolute atomic E-state index is 13.3. The summed E-state index contributed by atoms with van der Waals surface area (Å²) in [5.74, 6) is 1.73. The van der Waals surface area contributed by atoms with E-state index in [0.717, 1.165) is 0 Å². The Morgan fingerprint density at radius 1 is 0.710 bits per heavy atom. The second-order valence-electron chi connectivity index (χ2n) is 7.08. The number of rotatable bonds is 6. The Hall–Kier alpha value is -3.42. The average molecular weight is 428 g/mol. The van der Waals surface area contributed by atoms with Gasteiger partial charge in [-0.25, -0.2) is 0 Å². The summed E-state index contributed by atoms with van der Waals surface area (Å²) in [5, 5.41) is 0. The average Bonchev–Trinajstić information content (AvgIpc) is 3.08. The molecule has 31 heavy (non-hydrogen) atoms. The van der Waals surface area contributed by atoms with Gasteiger partial charge < -0.3 is 28.7 Å². The monoisotopic (exact) mass is 428 g/mol. The van der Waals surface area contributed by atoms with Crippen molar-refractivity contribution in [1.82, 2.24) is 9.80 Å². The summed E-state index contributed by atoms with van der Waals surface area (Å²) in [6, 6.07) is 10.4. The lowest BCUT2D eigenvalue weighted by molar-refractivity contribution is 0.0714. The molecule has 1 aliphatic rings. The molecule has 0 atom stereocenters. The van der Waals surface area contributed by atoms with Gasteiger partial charge in [0, 0.05) is 37.8 Å². The van der Waals surface area contributed by atoms with E-state index in [-0.39, 0.29) is 11.8 Å². The highest BCUT2D eigenvalue weighted by molar-refractivity contribution is 6.00. The molecule has 1 fully saturated rings. The van der Waals surface area contributed by atoms with Crippen molar-refractivity contribution >= 4 is 11.8 Å². The first-order valence-electron chi connectivity index (χ1n) is 10.0. The van der Waals surface area contributed by atoms with Crippen LogP contribution in [0.5, 0.6) is 23.0 Å². The summed E-state index contributed by atoms with van der Waals surface area (Å²) in [6.45, 7) is 1.91. The fourth-order valence-electron chi connectivity index (χ4n) is 3.66. The van der Waals surface area contributed by atoms with Gasteiger partial charge in [-0.1, -0.05) is 6.07 Å². The molecule has 8 nitrogen and oxygen atoms in total. The van der Waals surface area contributed by atoms with E-state index >= 15 is 0 Å². The topological polar surface area (TPSA) is 77.5 Å². The molecule has 1 heterocycles. The van der Waals surface area contributed by atoms with E-state index in [2.05, 4.69) is 0 Å². The van der Waals surface area contributed by atoms with Gasteiger partial charge in [-0.2, -0.15) is 0 Å². The van der Waals surface area contributed by atoms with Crippen LogP contribution in [-0.2, 0) is 0 Å². The molecule has 0 saturated carbocycles. The fourth-order valence-corrected chi connectivity index (χ4v) is 3.66. The standard InChI is InChI=1S/C23H28N2O6/c1-28-17-13-16(14-18(15-17)29-2)22(26)24-9-6-10-25(12-11-24)23(27)21-19(30-3)7-5-8-20(21)31-4/h5,7-8,13-15H,6,9-12H2,1-4H3. The molecule has 0 radical (unpaired) electrons. The minimum atomic E-state index is -0.174. The third-order valence-electron chi connectivity index (χ3n) is 5.31. The quantitative estimate of drug-likeness (QED) is 0.704. The molecule has 0 spiro atoms. The molecule has 0 bridgehead atoms. The summed E-state index contributed by atoms with van der Waals surface area (Å²) in [6.07, 6.45) is 0.663. The van der Waals surface area contributed by atoms with E-state index in [0.29, 0.717) is 66.7 Å². The zero-order chi connectivity index (χ0) is 22.4. The Labute approximate surface area is 182 Å². The largest absolute Gasteiger partial charge is 0.497 e. The van der Waals surface area contributed by atoms with Crippen LogP contribution in [0.25, 0.3) is 0 Å². The van der Waals surface area contributed by atoms with Crippen molar-refractivity contribution < 1.29 is 28.5 Å². The van der Waals surface area contributed by atoms with Crippen LogP contribution >= 0.6 is 0 Å². The molecule has 0 N–H and O–H groups in total. The second-order valence-corrected chi connectivity index (χ2v) is 7.08. The number of methoxy groups -OCH3 is 4. The van der Waals surface area contributed by atoms with E-state index in [9.17, 15) is 9.59 Å². The molecule has 3 rings (SSSR count). The molecular formula is C23H28N2O6. The normalized spacial score (nSPS) is 13.9. The Morgan fingerprint density at radius 2 is 1.23 bits per heavy atom. The number of carbonyl (C=O) groups is 2. The van der Waals surface area contributed by atoms with Crippen LogP contribution in [0, 0.1) is 0 Å². The highest BCUT2D eigenvalue weighted by Crippen LogP contribution is 2.30. The van der Waals surface area contributed by atoms with Crippen molar-refractivity contribution in [3.8, 4) is 23.0 Å². The molecule has 1 aliphatic heterocycles. The summed E-state index contributed by atoms with van der Waals surface area (Å²) < 4.78 is 21.3. The molecule has 0 aliphatic carbocycles. The van der Waals surface area contributed by atoms with Gasteiger partial charge in [0.2, 0.25) is 0 Å². The predicted octanol–water partition coefficient (Wildman–Crippen LogP) is 2.71. The highest BCUT2D eigenvalue weighted by Gasteiger charge is 2.27. The molecule has 166 valence electrons. The van der Waals surface area contributed by atoms with Crippen LogP contribution in [0.3, 0.4) is 0 Å². The minimum Gasteiger partial charge on any atom is -0.497 e. The van der Waals surface area contributed by atoms with Gasteiger partial charge in [-0.15, -0.1) is 0 Å². The number of amides is 2. The van der Waals surface area contributed by atoms with Crippen molar-refractivity contribution in [3.05, 3.63) is 47.5 Å². The number of hydrogen-bond acceptors (Lipinski definition) is 6. The lowest BCUT2D eigenvalue weighted by Crippen LogP contribution is -2.37. The molecule has 8 heteroatoms. The van der Waals surface area contributed by atoms with Crippen molar-refractivity contribution in [2.75, 3.05) is 54.6 Å². The van der Waals surface area contributed by atoms with Gasteiger partial charge in [0.1, 0.15) is 28.6 Å². The third-order valence-corrected chi connectivity index (χ3v) is 5.31. The first-order valence-corrected chi connectivity index (χ1v) is 10.0. The zero-order valence-electron chi connectivity index (χ0n) is 18.3. The summed E-state index contributed by atoms with van der Waals surface area (Å²) in [7, 11) is 6.14. The maximum atomic E-state index is 13.3. The SMILES string of the molecule is COc1cc(OC)cc(C(=O)N2CCCN(C(=O)c3c(OC)cccc3OC)CC2)c1. The lowest BCUT2D eigenvalue weighted by Gasteiger charge is -2.24. The zero-order valence-corrected chi connectivity index (χ0v) is 18.3. The van der Waals surface area contributed by atoms with Gasteiger partial charge in [0.25, 0.3) is 11.8 Å². The van der Waals surface area contributed by atoms with Crippen LogP contribution in [0.2, 0.25) is 0 Å². The Kier molecular flexibility index (Phi) is 7.23. The first-order chi connectivity index (χ1) is 15.0. The Bertz CT molecular complexity index is 901. The lowest BCUT2D eigenvalue weighted by atomic mass is 10.1. The van der Waals surface area contributed by atoms with Crippen LogP contribution in [0.1, 0.15) is 27.1 Å². The predicted molar refractivity (Wildman–Crippen MR) is 116 cm³/mol. The van der Waals surface area contributed by atoms with Gasteiger partial charge in [0.15, 0.2) is 0 Å². The molecule has 0 aromatic heterocycles. The van der Waals surface area contributed by atoms with Gasteiger partial charge in [0.05, 0.1) is 28.4 Å². The summed E-state index contributed by atoms with van der Waals surface area (Å²) >= 11 is 0. The van der Waals surface area contributed by atoms with Crippen molar-refractivity contribution in [2.45, 2.75) is 6.42 Å². The van der Waals surface area contributed by atoms with Crippen LogP contribution < -0.4 is 18.9 Å². The van der Waals surface area contributed by atoms with Crippen molar-refractivity contribution in [1.29, 1.82) is 0 Å². The Balaban J connectivity index is 1.77. The summed E-state index contributed by atoms with van der Waals surface area (Å²) in [4.78, 5) is 29.8. The van der Waals surface area contributed by atoms with Crippen LogP contribution in [-0.4, -0.2) is 76.2 Å². The molecular weight excluding hydrogens is 400 g/mol. The van der Waals surface area contributed by atoms with E-state index in [1.807, 2.05) is 0 Å². The maximum Gasteiger partial charge on any atom is 0.261 e. The Morgan fingerprint density at radius 3 is 1.71 bits per heavy atom. The van der Waals surface area contributed by atoms with E-state index in [4.69, 9.17) is 18.9 Å². The number of ether oxygens (including phenoxy) is 4. The third kappa shape index (κ3) is 4.84. The van der Waals surface area contributed by atoms with Crippen LogP contribution in [0.4, 0.5) is 0 Å². The molecule has 2 aromatic carbocycles. The smallest absolute Gasteiger partial charge is 0.261 e. The minimum absolute atomic E-state index is 0.124. The van der Waals surface area contributed by atoms with Crippen LogP contribution in [0.15, 0.2) is 36.4 Å². The second kappa shape index (κ2) is 10.1. The molecule has 0 unspecified atom stereocenters. The van der Waals surface area contributed by atoms with Gasteiger partial charge >= 0.3 is 0 Å². The number of carbonyl (C=O) groups excluding carboxylic acids is 2. The highest BCUT2D eigenvalue weighted by atomic mass is 16.5. The molecule has 2 amide bonds. The fraction of sp³-hybridized carbons (Fsp3) is 0.391. The van der Waals surface area contributed by atoms with Crippen molar-refractivity contribution in [2.24, 2.45) is 0 Å². The van der Waals surface area contributed by atoms with E-state index < -0.39 is 0 Å².